The van der Waals surface area contributed by atoms with Gasteiger partial charge >= 0.3 is 5.97 Å². The maximum absolute atomic E-state index is 11.4. The van der Waals surface area contributed by atoms with Crippen LogP contribution in [0, 0.1) is 17.8 Å². The molecule has 0 aromatic carbocycles. The van der Waals surface area contributed by atoms with Gasteiger partial charge in [0.05, 0.1) is 24.5 Å². The van der Waals surface area contributed by atoms with Crippen molar-refractivity contribution in [2.75, 3.05) is 6.61 Å². The van der Waals surface area contributed by atoms with Gasteiger partial charge in [-0.05, 0) is 12.3 Å². The lowest BCUT2D eigenvalue weighted by atomic mass is 9.83. The maximum Gasteiger partial charge on any atom is 0.334 e. The van der Waals surface area contributed by atoms with Gasteiger partial charge in [-0.2, -0.15) is 0 Å². The van der Waals surface area contributed by atoms with Crippen molar-refractivity contribution >= 4 is 5.97 Å². The van der Waals surface area contributed by atoms with Crippen molar-refractivity contribution in [1.29, 1.82) is 0 Å². The van der Waals surface area contributed by atoms with Crippen molar-refractivity contribution in [3.63, 3.8) is 0 Å². The molecule has 2 aliphatic heterocycles. The minimum atomic E-state index is -1.60. The number of aliphatic hydroxyl groups excluding tert-OH is 5. The number of rotatable bonds is 4. The summed E-state index contributed by atoms with van der Waals surface area (Å²) >= 11 is 0. The average Bonchev–Trinajstić information content (AvgIpc) is 2.90. The maximum atomic E-state index is 11.4. The van der Waals surface area contributed by atoms with Crippen molar-refractivity contribution in [2.45, 2.75) is 56.4 Å². The molecule has 10 atom stereocenters. The molecule has 6 N–H and O–H groups in total. The standard InChI is InChI=1S/C16H24O10/c1-5-8(18)2-6-7(14(22)23)4-24-15(10(5)6)26-16-13(21)12(20)11(19)9(3-17)25-16/h4-6,8-13,15-21H,2-3H2,1H3,(H,22,23)/t5-,6+,8-,9+,10+,11+,12+,13+,15-,16-/m0/s1. The fourth-order valence-electron chi connectivity index (χ4n) is 3.99. The van der Waals surface area contributed by atoms with Gasteiger partial charge in [0.25, 0.3) is 0 Å². The molecule has 1 saturated heterocycles. The van der Waals surface area contributed by atoms with Crippen LogP contribution in [0.3, 0.4) is 0 Å². The van der Waals surface area contributed by atoms with E-state index in [1.165, 1.54) is 0 Å². The Morgan fingerprint density at radius 3 is 2.50 bits per heavy atom. The molecule has 0 unspecified atom stereocenters. The molecule has 1 aliphatic carbocycles. The van der Waals surface area contributed by atoms with E-state index in [1.54, 1.807) is 6.92 Å². The van der Waals surface area contributed by atoms with E-state index in [9.17, 15) is 35.4 Å². The van der Waals surface area contributed by atoms with Gasteiger partial charge in [-0.3, -0.25) is 0 Å². The minimum Gasteiger partial charge on any atom is -0.478 e. The summed E-state index contributed by atoms with van der Waals surface area (Å²) in [6.07, 6.45) is -7.71. The fraction of sp³-hybridized carbons (Fsp3) is 0.812. The molecule has 26 heavy (non-hydrogen) atoms. The molecule has 0 radical (unpaired) electrons. The van der Waals surface area contributed by atoms with Crippen LogP contribution in [0.4, 0.5) is 0 Å². The lowest BCUT2D eigenvalue weighted by Gasteiger charge is -2.43. The van der Waals surface area contributed by atoms with Crippen LogP contribution in [-0.2, 0) is 19.0 Å². The van der Waals surface area contributed by atoms with Crippen LogP contribution in [0.5, 0.6) is 0 Å². The first-order valence-electron chi connectivity index (χ1n) is 8.49. The van der Waals surface area contributed by atoms with Gasteiger partial charge in [-0.25, -0.2) is 4.79 Å². The molecule has 2 heterocycles. The first-order chi connectivity index (χ1) is 12.3. The molecule has 0 amide bonds. The van der Waals surface area contributed by atoms with Crippen LogP contribution in [0.2, 0.25) is 0 Å². The zero-order valence-corrected chi connectivity index (χ0v) is 14.1. The minimum absolute atomic E-state index is 0.0343. The number of hydrogen-bond acceptors (Lipinski definition) is 9. The van der Waals surface area contributed by atoms with E-state index in [-0.39, 0.29) is 17.9 Å². The normalized spacial score (nSPS) is 48.5. The van der Waals surface area contributed by atoms with E-state index in [2.05, 4.69) is 0 Å². The van der Waals surface area contributed by atoms with Crippen LogP contribution in [0.1, 0.15) is 13.3 Å². The van der Waals surface area contributed by atoms with Crippen LogP contribution in [0.15, 0.2) is 11.8 Å². The Kier molecular flexibility index (Phi) is 5.54. The third kappa shape index (κ3) is 3.22. The Balaban J connectivity index is 1.79. The molecule has 148 valence electrons. The van der Waals surface area contributed by atoms with Crippen LogP contribution in [-0.4, -0.2) is 86.3 Å². The molecule has 1 saturated carbocycles. The first kappa shape index (κ1) is 19.5. The molecule has 10 heteroatoms. The number of carboxylic acids is 1. The van der Waals surface area contributed by atoms with Gasteiger partial charge in [0.15, 0.2) is 6.29 Å². The van der Waals surface area contributed by atoms with Gasteiger partial charge < -0.3 is 44.8 Å². The monoisotopic (exact) mass is 376 g/mol. The highest BCUT2D eigenvalue weighted by molar-refractivity contribution is 5.87. The quantitative estimate of drug-likeness (QED) is 0.316. The molecule has 0 aromatic heterocycles. The van der Waals surface area contributed by atoms with Crippen LogP contribution >= 0.6 is 0 Å². The van der Waals surface area contributed by atoms with E-state index in [0.717, 1.165) is 6.26 Å². The summed E-state index contributed by atoms with van der Waals surface area (Å²) in [6, 6.07) is 0. The summed E-state index contributed by atoms with van der Waals surface area (Å²) in [7, 11) is 0. The Morgan fingerprint density at radius 1 is 1.19 bits per heavy atom. The van der Waals surface area contributed by atoms with Gasteiger partial charge in [0.2, 0.25) is 6.29 Å². The third-order valence-corrected chi connectivity index (χ3v) is 5.58. The van der Waals surface area contributed by atoms with E-state index in [4.69, 9.17) is 14.2 Å². The molecule has 10 nitrogen and oxygen atoms in total. The van der Waals surface area contributed by atoms with E-state index >= 15 is 0 Å². The van der Waals surface area contributed by atoms with Gasteiger partial charge in [0.1, 0.15) is 24.4 Å². The number of fused-ring (bicyclic) bond motifs is 1. The number of aliphatic hydroxyl groups is 5. The second-order valence-electron chi connectivity index (χ2n) is 7.06. The Hall–Kier alpha value is -1.27. The molecule has 0 aromatic rings. The number of aliphatic carboxylic acids is 1. The molecule has 0 bridgehead atoms. The molecule has 3 rings (SSSR count). The summed E-state index contributed by atoms with van der Waals surface area (Å²) < 4.78 is 16.3. The lowest BCUT2D eigenvalue weighted by Crippen LogP contribution is -2.60. The fourth-order valence-corrected chi connectivity index (χ4v) is 3.99. The summed E-state index contributed by atoms with van der Waals surface area (Å²) in [6.45, 7) is 1.15. The number of ether oxygens (including phenoxy) is 3. The largest absolute Gasteiger partial charge is 0.478 e. The topological polar surface area (TPSA) is 166 Å². The third-order valence-electron chi connectivity index (χ3n) is 5.58. The summed E-state index contributed by atoms with van der Waals surface area (Å²) in [5.41, 5.74) is 0.0343. The number of carboxylic acid groups (broad SMARTS) is 1. The second kappa shape index (κ2) is 7.39. The van der Waals surface area contributed by atoms with Crippen molar-refractivity contribution in [2.24, 2.45) is 17.8 Å². The Morgan fingerprint density at radius 2 is 1.88 bits per heavy atom. The zero-order chi connectivity index (χ0) is 19.2. The SMILES string of the molecule is C[C@@H]1[C@H]2[C@H](O[C@@H]3O[C@H](CO)[C@@H](O)[C@@H](O)[C@H]3O)OC=C(C(=O)O)[C@H]2C[C@@H]1O. The Bertz CT molecular complexity index is 563. The van der Waals surface area contributed by atoms with Gasteiger partial charge in [0, 0.05) is 11.8 Å². The zero-order valence-electron chi connectivity index (χ0n) is 14.1. The highest BCUT2D eigenvalue weighted by Gasteiger charge is 2.53. The molecular weight excluding hydrogens is 352 g/mol. The first-order valence-corrected chi connectivity index (χ1v) is 8.49. The molecule has 2 fully saturated rings. The van der Waals surface area contributed by atoms with Crippen molar-refractivity contribution < 1.29 is 49.6 Å². The van der Waals surface area contributed by atoms with Gasteiger partial charge in [-0.1, -0.05) is 6.92 Å². The highest BCUT2D eigenvalue weighted by atomic mass is 16.8. The van der Waals surface area contributed by atoms with E-state index in [0.29, 0.717) is 0 Å². The smallest absolute Gasteiger partial charge is 0.334 e. The summed E-state index contributed by atoms with van der Waals surface area (Å²) in [5, 5.41) is 58.5. The van der Waals surface area contributed by atoms with Gasteiger partial charge in [-0.15, -0.1) is 0 Å². The molecule has 3 aliphatic rings. The number of hydrogen-bond donors (Lipinski definition) is 6. The van der Waals surface area contributed by atoms with Crippen LogP contribution < -0.4 is 0 Å². The van der Waals surface area contributed by atoms with Crippen molar-refractivity contribution in [1.82, 2.24) is 0 Å². The summed E-state index contributed by atoms with van der Waals surface area (Å²) in [5.74, 6) is -2.49. The highest BCUT2D eigenvalue weighted by Crippen LogP contribution is 2.47. The van der Waals surface area contributed by atoms with E-state index in [1.807, 2.05) is 0 Å². The number of carbonyl (C=O) groups is 1. The predicted octanol–water partition coefficient (Wildman–Crippen LogP) is -2.24. The van der Waals surface area contributed by atoms with E-state index < -0.39 is 67.5 Å². The second-order valence-corrected chi connectivity index (χ2v) is 7.06. The molecule has 0 spiro atoms. The van der Waals surface area contributed by atoms with Crippen molar-refractivity contribution in [3.8, 4) is 0 Å². The van der Waals surface area contributed by atoms with Crippen molar-refractivity contribution in [3.05, 3.63) is 11.8 Å². The Labute approximate surface area is 149 Å². The summed E-state index contributed by atoms with van der Waals surface area (Å²) in [4.78, 5) is 11.4. The molecular formula is C16H24O10. The predicted molar refractivity (Wildman–Crippen MR) is 82.2 cm³/mol. The van der Waals surface area contributed by atoms with Crippen LogP contribution in [0.25, 0.3) is 0 Å². The average molecular weight is 376 g/mol. The lowest BCUT2D eigenvalue weighted by molar-refractivity contribution is -0.342.